The summed E-state index contributed by atoms with van der Waals surface area (Å²) in [6, 6.07) is 12.5. The van der Waals surface area contributed by atoms with Crippen molar-refractivity contribution in [1.82, 2.24) is 9.97 Å². The second-order valence-corrected chi connectivity index (χ2v) is 4.89. The molecule has 21 heavy (non-hydrogen) atoms. The highest BCUT2D eigenvalue weighted by atomic mass is 19.1. The van der Waals surface area contributed by atoms with E-state index in [0.717, 1.165) is 29.0 Å². The van der Waals surface area contributed by atoms with Gasteiger partial charge in [-0.15, -0.1) is 0 Å². The number of halogens is 1. The van der Waals surface area contributed by atoms with E-state index in [1.807, 2.05) is 38.1 Å². The van der Waals surface area contributed by atoms with Gasteiger partial charge >= 0.3 is 0 Å². The number of nitrogens with zero attached hydrogens (tertiary/aromatic N) is 2. The van der Waals surface area contributed by atoms with E-state index in [0.29, 0.717) is 11.2 Å². The zero-order valence-electron chi connectivity index (χ0n) is 12.0. The van der Waals surface area contributed by atoms with E-state index in [-0.39, 0.29) is 5.82 Å². The zero-order valence-corrected chi connectivity index (χ0v) is 12.0. The number of aryl methyl sites for hydroxylation is 1. The van der Waals surface area contributed by atoms with Crippen molar-refractivity contribution in [3.63, 3.8) is 0 Å². The molecule has 0 saturated carbocycles. The predicted molar refractivity (Wildman–Crippen MR) is 83.8 cm³/mol. The first-order valence-electron chi connectivity index (χ1n) is 6.96. The standard InChI is InChI=1S/C17H16FN3/c1-3-19-16-10-11(2)20-17(21-16)14-8-9-15(18)13-7-5-4-6-12(13)14/h4-10H,3H2,1-2H3,(H,19,20,21). The second kappa shape index (κ2) is 5.48. The Morgan fingerprint density at radius 2 is 1.81 bits per heavy atom. The Bertz CT molecular complexity index is 799. The third-order valence-corrected chi connectivity index (χ3v) is 3.32. The molecule has 4 heteroatoms. The van der Waals surface area contributed by atoms with E-state index >= 15 is 0 Å². The Morgan fingerprint density at radius 1 is 1.05 bits per heavy atom. The third-order valence-electron chi connectivity index (χ3n) is 3.32. The van der Waals surface area contributed by atoms with E-state index < -0.39 is 0 Å². The molecule has 1 aromatic heterocycles. The zero-order chi connectivity index (χ0) is 14.8. The summed E-state index contributed by atoms with van der Waals surface area (Å²) < 4.78 is 13.9. The number of benzene rings is 2. The van der Waals surface area contributed by atoms with Gasteiger partial charge in [0.25, 0.3) is 0 Å². The molecule has 1 N–H and O–H groups in total. The fourth-order valence-corrected chi connectivity index (χ4v) is 2.42. The van der Waals surface area contributed by atoms with E-state index in [1.54, 1.807) is 12.1 Å². The van der Waals surface area contributed by atoms with Crippen LogP contribution in [-0.4, -0.2) is 16.5 Å². The molecule has 0 fully saturated rings. The monoisotopic (exact) mass is 281 g/mol. The van der Waals surface area contributed by atoms with Gasteiger partial charge in [0.05, 0.1) is 0 Å². The molecule has 2 aromatic carbocycles. The summed E-state index contributed by atoms with van der Waals surface area (Å²) in [4.78, 5) is 9.02. The summed E-state index contributed by atoms with van der Waals surface area (Å²) in [6.45, 7) is 4.74. The molecule has 3 rings (SSSR count). The van der Waals surface area contributed by atoms with Crippen LogP contribution in [0.25, 0.3) is 22.2 Å². The smallest absolute Gasteiger partial charge is 0.162 e. The van der Waals surface area contributed by atoms with Crippen molar-refractivity contribution in [2.24, 2.45) is 0 Å². The minimum Gasteiger partial charge on any atom is -0.370 e. The molecule has 0 spiro atoms. The maximum absolute atomic E-state index is 13.9. The lowest BCUT2D eigenvalue weighted by molar-refractivity contribution is 0.640. The van der Waals surface area contributed by atoms with Crippen molar-refractivity contribution in [3.8, 4) is 11.4 Å². The van der Waals surface area contributed by atoms with Crippen LogP contribution < -0.4 is 5.32 Å². The van der Waals surface area contributed by atoms with Gasteiger partial charge in [-0.25, -0.2) is 14.4 Å². The van der Waals surface area contributed by atoms with Crippen molar-refractivity contribution in [3.05, 3.63) is 54.0 Å². The molecule has 0 radical (unpaired) electrons. The van der Waals surface area contributed by atoms with Gasteiger partial charge in [-0.2, -0.15) is 0 Å². The number of fused-ring (bicyclic) bond motifs is 1. The van der Waals surface area contributed by atoms with Crippen LogP contribution in [0.2, 0.25) is 0 Å². The summed E-state index contributed by atoms with van der Waals surface area (Å²) in [5, 5.41) is 4.61. The van der Waals surface area contributed by atoms with Crippen molar-refractivity contribution in [1.29, 1.82) is 0 Å². The molecule has 3 aromatic rings. The quantitative estimate of drug-likeness (QED) is 0.782. The lowest BCUT2D eigenvalue weighted by Crippen LogP contribution is -2.02. The van der Waals surface area contributed by atoms with E-state index in [4.69, 9.17) is 0 Å². The number of hydrogen-bond donors (Lipinski definition) is 1. The summed E-state index contributed by atoms with van der Waals surface area (Å²) >= 11 is 0. The molecule has 3 nitrogen and oxygen atoms in total. The molecule has 0 amide bonds. The molecule has 0 unspecified atom stereocenters. The highest BCUT2D eigenvalue weighted by molar-refractivity contribution is 5.95. The van der Waals surface area contributed by atoms with Crippen LogP contribution in [0, 0.1) is 12.7 Å². The normalized spacial score (nSPS) is 10.8. The van der Waals surface area contributed by atoms with Crippen molar-refractivity contribution >= 4 is 16.6 Å². The highest BCUT2D eigenvalue weighted by Gasteiger charge is 2.11. The van der Waals surface area contributed by atoms with Crippen LogP contribution in [0.15, 0.2) is 42.5 Å². The van der Waals surface area contributed by atoms with Gasteiger partial charge in [0.2, 0.25) is 0 Å². The fourth-order valence-electron chi connectivity index (χ4n) is 2.42. The van der Waals surface area contributed by atoms with E-state index in [1.165, 1.54) is 6.07 Å². The Kier molecular flexibility index (Phi) is 3.52. The first kappa shape index (κ1) is 13.5. The van der Waals surface area contributed by atoms with Gasteiger partial charge in [0.1, 0.15) is 11.6 Å². The maximum atomic E-state index is 13.9. The molecule has 1 heterocycles. The Hall–Kier alpha value is -2.49. The third kappa shape index (κ3) is 2.57. The van der Waals surface area contributed by atoms with Gasteiger partial charge in [0.15, 0.2) is 5.82 Å². The Balaban J connectivity index is 2.23. The average Bonchev–Trinajstić information content (AvgIpc) is 2.47. The van der Waals surface area contributed by atoms with Crippen LogP contribution in [0.3, 0.4) is 0 Å². The molecule has 0 aliphatic rings. The molecule has 0 aliphatic carbocycles. The summed E-state index contributed by atoms with van der Waals surface area (Å²) in [5.41, 5.74) is 1.72. The minimum absolute atomic E-state index is 0.228. The van der Waals surface area contributed by atoms with E-state index in [9.17, 15) is 4.39 Å². The molecule has 0 bridgehead atoms. The second-order valence-electron chi connectivity index (χ2n) is 4.89. The molecule has 106 valence electrons. The molecular formula is C17H16FN3. The molecule has 0 aliphatic heterocycles. The first-order chi connectivity index (χ1) is 10.2. The summed E-state index contributed by atoms with van der Waals surface area (Å²) in [6.07, 6.45) is 0. The Labute approximate surface area is 122 Å². The fraction of sp³-hybridized carbons (Fsp3) is 0.176. The molecular weight excluding hydrogens is 265 g/mol. The van der Waals surface area contributed by atoms with Crippen molar-refractivity contribution < 1.29 is 4.39 Å². The average molecular weight is 281 g/mol. The number of rotatable bonds is 3. The van der Waals surface area contributed by atoms with Crippen molar-refractivity contribution in [2.75, 3.05) is 11.9 Å². The highest BCUT2D eigenvalue weighted by Crippen LogP contribution is 2.29. The predicted octanol–water partition coefficient (Wildman–Crippen LogP) is 4.18. The van der Waals surface area contributed by atoms with Crippen LogP contribution in [-0.2, 0) is 0 Å². The van der Waals surface area contributed by atoms with Crippen LogP contribution in [0.5, 0.6) is 0 Å². The Morgan fingerprint density at radius 3 is 2.57 bits per heavy atom. The SMILES string of the molecule is CCNc1cc(C)nc(-c2ccc(F)c3ccccc23)n1. The number of hydrogen-bond acceptors (Lipinski definition) is 3. The van der Waals surface area contributed by atoms with Crippen LogP contribution in [0.1, 0.15) is 12.6 Å². The van der Waals surface area contributed by atoms with Crippen molar-refractivity contribution in [2.45, 2.75) is 13.8 Å². The van der Waals surface area contributed by atoms with Gasteiger partial charge in [-0.05, 0) is 31.4 Å². The van der Waals surface area contributed by atoms with E-state index in [2.05, 4.69) is 15.3 Å². The lowest BCUT2D eigenvalue weighted by atomic mass is 10.0. The van der Waals surface area contributed by atoms with Crippen LogP contribution >= 0.6 is 0 Å². The largest absolute Gasteiger partial charge is 0.370 e. The van der Waals surface area contributed by atoms with Gasteiger partial charge < -0.3 is 5.32 Å². The van der Waals surface area contributed by atoms with Gasteiger partial charge in [-0.1, -0.05) is 24.3 Å². The molecule has 0 atom stereocenters. The van der Waals surface area contributed by atoms with Gasteiger partial charge in [-0.3, -0.25) is 0 Å². The topological polar surface area (TPSA) is 37.8 Å². The number of anilines is 1. The first-order valence-corrected chi connectivity index (χ1v) is 6.96. The van der Waals surface area contributed by atoms with Crippen LogP contribution in [0.4, 0.5) is 10.2 Å². The molecule has 0 saturated heterocycles. The van der Waals surface area contributed by atoms with Gasteiger partial charge in [0, 0.05) is 29.3 Å². The number of nitrogens with one attached hydrogen (secondary N) is 1. The minimum atomic E-state index is -0.228. The maximum Gasteiger partial charge on any atom is 0.162 e. The lowest BCUT2D eigenvalue weighted by Gasteiger charge is -2.09. The summed E-state index contributed by atoms with van der Waals surface area (Å²) in [5.74, 6) is 1.17. The summed E-state index contributed by atoms with van der Waals surface area (Å²) in [7, 11) is 0. The number of aromatic nitrogens is 2.